The summed E-state index contributed by atoms with van der Waals surface area (Å²) in [6, 6.07) is 14.9. The maximum Gasteiger partial charge on any atom is 0.417 e. The lowest BCUT2D eigenvalue weighted by Crippen LogP contribution is -2.12. The number of aromatic nitrogens is 3. The summed E-state index contributed by atoms with van der Waals surface area (Å²) in [4.78, 5) is 30.5. The largest absolute Gasteiger partial charge is 0.417 e. The summed E-state index contributed by atoms with van der Waals surface area (Å²) < 4.78 is 6.92. The van der Waals surface area contributed by atoms with Crippen molar-refractivity contribution < 1.29 is 9.21 Å². The third-order valence-corrected chi connectivity index (χ3v) is 3.77. The number of imidazole rings is 1. The number of H-pyrrole nitrogens is 1. The van der Waals surface area contributed by atoms with Crippen LogP contribution >= 0.6 is 0 Å². The molecule has 1 amide bonds. The van der Waals surface area contributed by atoms with Gasteiger partial charge in [0.15, 0.2) is 11.4 Å². The van der Waals surface area contributed by atoms with E-state index in [0.717, 1.165) is 5.56 Å². The van der Waals surface area contributed by atoms with Crippen LogP contribution in [0.5, 0.6) is 0 Å². The zero-order chi connectivity index (χ0) is 17.2. The third-order valence-electron chi connectivity index (χ3n) is 3.77. The number of nitrogens with one attached hydrogen (secondary N) is 2. The van der Waals surface area contributed by atoms with Crippen molar-refractivity contribution in [1.29, 1.82) is 0 Å². The molecule has 25 heavy (non-hydrogen) atoms. The van der Waals surface area contributed by atoms with E-state index in [1.165, 1.54) is 0 Å². The van der Waals surface area contributed by atoms with Crippen LogP contribution in [-0.2, 0) is 6.54 Å². The number of benzene rings is 2. The molecule has 2 heterocycles. The lowest BCUT2D eigenvalue weighted by Gasteiger charge is -2.03. The summed E-state index contributed by atoms with van der Waals surface area (Å²) in [5.41, 5.74) is 2.12. The summed E-state index contributed by atoms with van der Waals surface area (Å²) in [6.45, 7) is 0.659. The molecule has 0 bridgehead atoms. The van der Waals surface area contributed by atoms with E-state index in [-0.39, 0.29) is 11.1 Å². The number of carbonyl (C=O) groups is 1. The SMILES string of the molecule is O=C(Nc1cn(Cc2ccccc2)cn1)c1cccc2[nH]c(=O)oc12. The number of hydrogen-bond donors (Lipinski definition) is 2. The Balaban J connectivity index is 1.54. The lowest BCUT2D eigenvalue weighted by molar-refractivity contribution is 0.102. The number of aromatic amines is 1. The maximum absolute atomic E-state index is 12.5. The minimum Gasteiger partial charge on any atom is -0.407 e. The average molecular weight is 334 g/mol. The molecule has 0 atom stereocenters. The maximum atomic E-state index is 12.5. The molecule has 0 aliphatic heterocycles. The van der Waals surface area contributed by atoms with Crippen molar-refractivity contribution in [1.82, 2.24) is 14.5 Å². The van der Waals surface area contributed by atoms with E-state index >= 15 is 0 Å². The second kappa shape index (κ2) is 6.12. The fourth-order valence-electron chi connectivity index (χ4n) is 2.64. The number of oxazole rings is 1. The number of amides is 1. The van der Waals surface area contributed by atoms with Crippen LogP contribution in [0.2, 0.25) is 0 Å². The molecule has 7 nitrogen and oxygen atoms in total. The monoisotopic (exact) mass is 334 g/mol. The molecule has 0 fully saturated rings. The number of rotatable bonds is 4. The van der Waals surface area contributed by atoms with E-state index in [4.69, 9.17) is 4.42 Å². The van der Waals surface area contributed by atoms with Gasteiger partial charge in [0.25, 0.3) is 5.91 Å². The lowest BCUT2D eigenvalue weighted by atomic mass is 10.2. The molecular formula is C18H14N4O3. The molecule has 4 aromatic rings. The number of anilines is 1. The Bertz CT molecular complexity index is 1090. The predicted octanol–water partition coefficient (Wildman–Crippen LogP) is 2.62. The van der Waals surface area contributed by atoms with Gasteiger partial charge in [0.2, 0.25) is 0 Å². The minimum atomic E-state index is -0.595. The Labute approximate surface area is 141 Å². The van der Waals surface area contributed by atoms with Crippen molar-refractivity contribution in [2.75, 3.05) is 5.32 Å². The van der Waals surface area contributed by atoms with E-state index < -0.39 is 11.7 Å². The number of para-hydroxylation sites is 1. The van der Waals surface area contributed by atoms with Crippen LogP contribution in [0.15, 0.2) is 70.3 Å². The number of carbonyl (C=O) groups excluding carboxylic acids is 1. The number of fused-ring (bicyclic) bond motifs is 1. The highest BCUT2D eigenvalue weighted by molar-refractivity contribution is 6.10. The second-order valence-electron chi connectivity index (χ2n) is 5.57. The first-order chi connectivity index (χ1) is 12.2. The molecule has 0 radical (unpaired) electrons. The van der Waals surface area contributed by atoms with Crippen molar-refractivity contribution in [2.45, 2.75) is 6.54 Å². The quantitative estimate of drug-likeness (QED) is 0.600. The summed E-state index contributed by atoms with van der Waals surface area (Å²) in [6.07, 6.45) is 3.40. The molecule has 124 valence electrons. The molecule has 4 rings (SSSR count). The molecular weight excluding hydrogens is 320 g/mol. The summed E-state index contributed by atoms with van der Waals surface area (Å²) in [7, 11) is 0. The summed E-state index contributed by atoms with van der Waals surface area (Å²) in [5.74, 6) is -0.559. The molecule has 0 saturated heterocycles. The Kier molecular flexibility index (Phi) is 3.66. The van der Waals surface area contributed by atoms with Gasteiger partial charge < -0.3 is 14.3 Å². The van der Waals surface area contributed by atoms with E-state index in [0.29, 0.717) is 17.9 Å². The average Bonchev–Trinajstić information content (AvgIpc) is 3.20. The first kappa shape index (κ1) is 14.9. The zero-order valence-electron chi connectivity index (χ0n) is 13.1. The minimum absolute atomic E-state index is 0.230. The van der Waals surface area contributed by atoms with Crippen LogP contribution in [0.3, 0.4) is 0 Å². The first-order valence-electron chi connectivity index (χ1n) is 7.68. The fraction of sp³-hybridized carbons (Fsp3) is 0.0556. The van der Waals surface area contributed by atoms with Crippen LogP contribution in [0, 0.1) is 0 Å². The summed E-state index contributed by atoms with van der Waals surface area (Å²) in [5, 5.41) is 2.72. The second-order valence-corrected chi connectivity index (χ2v) is 5.57. The molecule has 0 aliphatic carbocycles. The van der Waals surface area contributed by atoms with E-state index in [2.05, 4.69) is 15.3 Å². The predicted molar refractivity (Wildman–Crippen MR) is 92.6 cm³/mol. The van der Waals surface area contributed by atoms with Gasteiger partial charge in [-0.2, -0.15) is 0 Å². The van der Waals surface area contributed by atoms with Gasteiger partial charge >= 0.3 is 5.76 Å². The van der Waals surface area contributed by atoms with Crippen LogP contribution < -0.4 is 11.1 Å². The first-order valence-corrected chi connectivity index (χ1v) is 7.68. The zero-order valence-corrected chi connectivity index (χ0v) is 13.1. The topological polar surface area (TPSA) is 92.9 Å². The highest BCUT2D eigenvalue weighted by Crippen LogP contribution is 2.17. The molecule has 7 heteroatoms. The summed E-state index contributed by atoms with van der Waals surface area (Å²) >= 11 is 0. The third kappa shape index (κ3) is 3.07. The normalized spacial score (nSPS) is 10.9. The number of hydrogen-bond acceptors (Lipinski definition) is 4. The van der Waals surface area contributed by atoms with Gasteiger partial charge in [-0.05, 0) is 17.7 Å². The smallest absolute Gasteiger partial charge is 0.407 e. The van der Waals surface area contributed by atoms with Gasteiger partial charge in [0, 0.05) is 12.7 Å². The van der Waals surface area contributed by atoms with Crippen LogP contribution in [0.25, 0.3) is 11.1 Å². The Hall–Kier alpha value is -3.61. The van der Waals surface area contributed by atoms with E-state index in [1.807, 2.05) is 34.9 Å². The Morgan fingerprint density at radius 3 is 2.84 bits per heavy atom. The van der Waals surface area contributed by atoms with E-state index in [9.17, 15) is 9.59 Å². The van der Waals surface area contributed by atoms with Crippen LogP contribution in [0.4, 0.5) is 5.82 Å². The molecule has 0 saturated carbocycles. The molecule has 2 N–H and O–H groups in total. The van der Waals surface area contributed by atoms with Gasteiger partial charge in [-0.25, -0.2) is 9.78 Å². The fourth-order valence-corrected chi connectivity index (χ4v) is 2.64. The van der Waals surface area contributed by atoms with Crippen LogP contribution in [0.1, 0.15) is 15.9 Å². The molecule has 0 aliphatic rings. The Morgan fingerprint density at radius 1 is 1.16 bits per heavy atom. The van der Waals surface area contributed by atoms with Gasteiger partial charge in [-0.15, -0.1) is 0 Å². The Morgan fingerprint density at radius 2 is 2.00 bits per heavy atom. The highest BCUT2D eigenvalue weighted by atomic mass is 16.4. The van der Waals surface area contributed by atoms with Crippen molar-refractivity contribution in [2.24, 2.45) is 0 Å². The molecule has 0 spiro atoms. The van der Waals surface area contributed by atoms with Gasteiger partial charge in [-0.1, -0.05) is 36.4 Å². The van der Waals surface area contributed by atoms with Gasteiger partial charge in [0.05, 0.1) is 17.4 Å². The molecule has 2 aromatic heterocycles. The number of nitrogens with zero attached hydrogens (tertiary/aromatic N) is 2. The highest BCUT2D eigenvalue weighted by Gasteiger charge is 2.15. The van der Waals surface area contributed by atoms with Gasteiger partial charge in [-0.3, -0.25) is 9.78 Å². The standard InChI is InChI=1S/C18H14N4O3/c23-17(13-7-4-8-14-16(13)25-18(24)20-14)21-15-10-22(11-19-15)9-12-5-2-1-3-6-12/h1-8,10-11H,9H2,(H,20,24)(H,21,23). The van der Waals surface area contributed by atoms with E-state index in [1.54, 1.807) is 30.7 Å². The van der Waals surface area contributed by atoms with Crippen molar-refractivity contribution in [3.8, 4) is 0 Å². The van der Waals surface area contributed by atoms with Crippen molar-refractivity contribution >= 4 is 22.8 Å². The molecule has 0 unspecified atom stereocenters. The van der Waals surface area contributed by atoms with Crippen molar-refractivity contribution in [3.63, 3.8) is 0 Å². The molecule has 2 aromatic carbocycles. The van der Waals surface area contributed by atoms with Crippen molar-refractivity contribution in [3.05, 3.63) is 82.7 Å². The van der Waals surface area contributed by atoms with Gasteiger partial charge in [0.1, 0.15) is 0 Å². The van der Waals surface area contributed by atoms with Crippen LogP contribution in [-0.4, -0.2) is 20.4 Å².